The van der Waals surface area contributed by atoms with Crippen LogP contribution in [-0.4, -0.2) is 11.2 Å². The number of H-pyrrole nitrogens is 1. The van der Waals surface area contributed by atoms with E-state index in [0.717, 1.165) is 0 Å². The average molecular weight is 165 g/mol. The average Bonchev–Trinajstić information content (AvgIpc) is 2.50. The van der Waals surface area contributed by atoms with Crippen LogP contribution in [0.25, 0.3) is 10.9 Å². The Morgan fingerprint density at radius 3 is 3.09 bits per heavy atom. The second-order valence-corrected chi connectivity index (χ2v) is 3.31. The van der Waals surface area contributed by atoms with Crippen molar-refractivity contribution in [1.29, 1.82) is 0 Å². The first-order valence-electron chi connectivity index (χ1n) is 3.51. The maximum Gasteiger partial charge on any atom is 0.0465 e. The Bertz CT molecular complexity index is 369. The Labute approximate surface area is 71.3 Å². The van der Waals surface area contributed by atoms with Crippen LogP contribution in [0.1, 0.15) is 1.43 Å². The highest BCUT2D eigenvalue weighted by atomic mass is 32.2. The molecule has 1 N–H and O–H groups in total. The Balaban J connectivity index is 0.000000720. The van der Waals surface area contributed by atoms with Crippen LogP contribution in [0.15, 0.2) is 35.4 Å². The van der Waals surface area contributed by atoms with Gasteiger partial charge in [-0.2, -0.15) is 0 Å². The molecule has 0 fully saturated rings. The third kappa shape index (κ3) is 1.14. The molecule has 1 heterocycles. The number of hydrogen-bond acceptors (Lipinski definition) is 1. The molecule has 1 aromatic carbocycles. The number of thioether (sulfide) groups is 1. The smallest absolute Gasteiger partial charge is 0.0465 e. The molecule has 0 radical (unpaired) electrons. The van der Waals surface area contributed by atoms with Gasteiger partial charge in [-0.25, -0.2) is 0 Å². The number of nitrogens with one attached hydrogen (secondary N) is 1. The van der Waals surface area contributed by atoms with E-state index in [4.69, 9.17) is 0 Å². The molecule has 0 atom stereocenters. The van der Waals surface area contributed by atoms with E-state index < -0.39 is 0 Å². The van der Waals surface area contributed by atoms with E-state index in [1.807, 2.05) is 6.20 Å². The van der Waals surface area contributed by atoms with E-state index in [9.17, 15) is 0 Å². The standard InChI is InChI=1S/C9H9NS.H2/c1-11-8-3-2-7-4-5-10-9(7)6-8;/h2-6,10H,1H3;1H. The van der Waals surface area contributed by atoms with Gasteiger partial charge >= 0.3 is 0 Å². The fraction of sp³-hybridized carbons (Fsp3) is 0.111. The van der Waals surface area contributed by atoms with Gasteiger partial charge in [0, 0.05) is 18.0 Å². The molecule has 2 aromatic rings. The zero-order valence-corrected chi connectivity index (χ0v) is 7.11. The predicted octanol–water partition coefficient (Wildman–Crippen LogP) is 3.14. The normalized spacial score (nSPS) is 10.6. The van der Waals surface area contributed by atoms with Gasteiger partial charge in [0.05, 0.1) is 0 Å². The first-order chi connectivity index (χ1) is 5.40. The van der Waals surface area contributed by atoms with Crippen LogP contribution in [0.5, 0.6) is 0 Å². The van der Waals surface area contributed by atoms with Crippen LogP contribution in [0.4, 0.5) is 0 Å². The second-order valence-electron chi connectivity index (χ2n) is 2.43. The molecule has 2 rings (SSSR count). The van der Waals surface area contributed by atoms with Crippen molar-refractivity contribution in [1.82, 2.24) is 4.98 Å². The van der Waals surface area contributed by atoms with Gasteiger partial charge in [-0.1, -0.05) is 6.07 Å². The summed E-state index contributed by atoms with van der Waals surface area (Å²) in [7, 11) is 0. The van der Waals surface area contributed by atoms with Gasteiger partial charge in [-0.05, 0) is 29.8 Å². The summed E-state index contributed by atoms with van der Waals surface area (Å²) in [6, 6.07) is 8.53. The molecule has 0 amide bonds. The molecule has 0 unspecified atom stereocenters. The third-order valence-corrected chi connectivity index (χ3v) is 2.49. The topological polar surface area (TPSA) is 15.8 Å². The van der Waals surface area contributed by atoms with Crippen molar-refractivity contribution in [2.75, 3.05) is 6.26 Å². The molecule has 0 spiro atoms. The lowest BCUT2D eigenvalue weighted by atomic mass is 10.2. The fourth-order valence-electron chi connectivity index (χ4n) is 1.15. The van der Waals surface area contributed by atoms with E-state index in [-0.39, 0.29) is 1.43 Å². The molecule has 0 bridgehead atoms. The number of aromatic nitrogens is 1. The van der Waals surface area contributed by atoms with E-state index in [1.54, 1.807) is 11.8 Å². The highest BCUT2D eigenvalue weighted by Gasteiger charge is 1.94. The third-order valence-electron chi connectivity index (χ3n) is 1.76. The summed E-state index contributed by atoms with van der Waals surface area (Å²) in [5.74, 6) is 0. The first-order valence-corrected chi connectivity index (χ1v) is 4.74. The minimum atomic E-state index is 0. The Morgan fingerprint density at radius 1 is 1.36 bits per heavy atom. The maximum absolute atomic E-state index is 3.18. The number of benzene rings is 1. The molecule has 11 heavy (non-hydrogen) atoms. The predicted molar refractivity (Wildman–Crippen MR) is 52.2 cm³/mol. The van der Waals surface area contributed by atoms with E-state index in [2.05, 4.69) is 35.5 Å². The lowest BCUT2D eigenvalue weighted by Gasteiger charge is -1.94. The van der Waals surface area contributed by atoms with Gasteiger partial charge in [0.2, 0.25) is 0 Å². The van der Waals surface area contributed by atoms with Crippen molar-refractivity contribution in [2.24, 2.45) is 0 Å². The van der Waals surface area contributed by atoms with Gasteiger partial charge in [0.1, 0.15) is 0 Å². The van der Waals surface area contributed by atoms with Crippen LogP contribution < -0.4 is 0 Å². The SMILES string of the molecule is CSc1ccc2cc[nH]c2c1.[HH]. The number of fused-ring (bicyclic) bond motifs is 1. The molecule has 0 saturated heterocycles. The molecule has 2 heteroatoms. The first kappa shape index (κ1) is 6.80. The highest BCUT2D eigenvalue weighted by molar-refractivity contribution is 7.98. The molecule has 0 aliphatic rings. The minimum Gasteiger partial charge on any atom is -0.361 e. The van der Waals surface area contributed by atoms with Crippen LogP contribution in [-0.2, 0) is 0 Å². The summed E-state index contributed by atoms with van der Waals surface area (Å²) < 4.78 is 0. The van der Waals surface area contributed by atoms with Crippen LogP contribution in [0.3, 0.4) is 0 Å². The highest BCUT2D eigenvalue weighted by Crippen LogP contribution is 2.20. The molecule has 1 aromatic heterocycles. The molecular formula is C9H11NS. The Kier molecular flexibility index (Phi) is 1.62. The summed E-state index contributed by atoms with van der Waals surface area (Å²) in [4.78, 5) is 4.49. The fourth-order valence-corrected chi connectivity index (χ4v) is 1.59. The zero-order valence-electron chi connectivity index (χ0n) is 6.29. The van der Waals surface area contributed by atoms with Crippen LogP contribution in [0, 0.1) is 0 Å². The Morgan fingerprint density at radius 2 is 2.27 bits per heavy atom. The molecular weight excluding hydrogens is 154 g/mol. The van der Waals surface area contributed by atoms with Crippen LogP contribution in [0.2, 0.25) is 0 Å². The number of aromatic amines is 1. The van der Waals surface area contributed by atoms with Crippen LogP contribution >= 0.6 is 11.8 Å². The quantitative estimate of drug-likeness (QED) is 0.642. The van der Waals surface area contributed by atoms with Crippen molar-refractivity contribution in [3.8, 4) is 0 Å². The summed E-state index contributed by atoms with van der Waals surface area (Å²) in [5, 5.41) is 1.28. The van der Waals surface area contributed by atoms with E-state index >= 15 is 0 Å². The monoisotopic (exact) mass is 165 g/mol. The van der Waals surface area contributed by atoms with Gasteiger partial charge in [-0.3, -0.25) is 0 Å². The lowest BCUT2D eigenvalue weighted by molar-refractivity contribution is 1.43. The molecule has 1 nitrogen and oxygen atoms in total. The van der Waals surface area contributed by atoms with Crippen molar-refractivity contribution in [3.05, 3.63) is 30.5 Å². The zero-order chi connectivity index (χ0) is 7.68. The summed E-state index contributed by atoms with van der Waals surface area (Å²) >= 11 is 1.77. The minimum absolute atomic E-state index is 0. The summed E-state index contributed by atoms with van der Waals surface area (Å²) in [6.07, 6.45) is 4.05. The van der Waals surface area contributed by atoms with Crippen molar-refractivity contribution in [2.45, 2.75) is 4.90 Å². The van der Waals surface area contributed by atoms with Crippen molar-refractivity contribution in [3.63, 3.8) is 0 Å². The number of hydrogen-bond donors (Lipinski definition) is 1. The van der Waals surface area contributed by atoms with E-state index in [0.29, 0.717) is 0 Å². The molecule has 0 aliphatic heterocycles. The molecule has 0 aliphatic carbocycles. The largest absolute Gasteiger partial charge is 0.361 e. The summed E-state index contributed by atoms with van der Waals surface area (Å²) in [5.41, 5.74) is 1.22. The maximum atomic E-state index is 3.18. The molecule has 0 saturated carbocycles. The van der Waals surface area contributed by atoms with Gasteiger partial charge < -0.3 is 4.98 Å². The van der Waals surface area contributed by atoms with Gasteiger partial charge in [0.25, 0.3) is 0 Å². The van der Waals surface area contributed by atoms with Crippen molar-refractivity contribution < 1.29 is 1.43 Å². The second kappa shape index (κ2) is 2.62. The van der Waals surface area contributed by atoms with Crippen molar-refractivity contribution >= 4 is 22.7 Å². The van der Waals surface area contributed by atoms with Gasteiger partial charge in [0.15, 0.2) is 0 Å². The summed E-state index contributed by atoms with van der Waals surface area (Å²) in [6.45, 7) is 0. The molecule has 58 valence electrons. The lowest BCUT2D eigenvalue weighted by Crippen LogP contribution is -1.69. The van der Waals surface area contributed by atoms with Gasteiger partial charge in [-0.15, -0.1) is 11.8 Å². The number of rotatable bonds is 1. The van der Waals surface area contributed by atoms with E-state index in [1.165, 1.54) is 15.8 Å². The Hall–Kier alpha value is -0.890.